The molecule has 1 rings (SSSR count). The lowest BCUT2D eigenvalue weighted by Gasteiger charge is -2.07. The Bertz CT molecular complexity index is 418. The van der Waals surface area contributed by atoms with E-state index in [0.717, 1.165) is 0 Å². The maximum absolute atomic E-state index is 11.6. The van der Waals surface area contributed by atoms with Crippen LogP contribution in [0.25, 0.3) is 0 Å². The van der Waals surface area contributed by atoms with Crippen molar-refractivity contribution in [1.29, 1.82) is 0 Å². The zero-order chi connectivity index (χ0) is 12.8. The molecule has 0 unspecified atom stereocenters. The third-order valence-corrected chi connectivity index (χ3v) is 1.99. The second-order valence-corrected chi connectivity index (χ2v) is 3.95. The zero-order valence-electron chi connectivity index (χ0n) is 9.73. The second-order valence-electron chi connectivity index (χ2n) is 3.95. The summed E-state index contributed by atoms with van der Waals surface area (Å²) < 4.78 is 0. The van der Waals surface area contributed by atoms with Gasteiger partial charge in [-0.1, -0.05) is 19.9 Å². The van der Waals surface area contributed by atoms with Gasteiger partial charge in [-0.3, -0.25) is 14.8 Å². The lowest BCUT2D eigenvalue weighted by atomic mass is 10.2. The van der Waals surface area contributed by atoms with Crippen molar-refractivity contribution in [2.24, 2.45) is 5.92 Å². The average Bonchev–Trinajstić information content (AvgIpc) is 2.35. The number of hydrogen-bond acceptors (Lipinski definition) is 4. The van der Waals surface area contributed by atoms with Crippen molar-refractivity contribution < 1.29 is 14.8 Å². The number of aromatic nitrogens is 1. The van der Waals surface area contributed by atoms with Crippen molar-refractivity contribution in [1.82, 2.24) is 15.8 Å². The number of carbonyl (C=O) groups excluding carboxylic acids is 2. The maximum atomic E-state index is 11.6. The first-order chi connectivity index (χ1) is 8.04. The van der Waals surface area contributed by atoms with Gasteiger partial charge in [0.1, 0.15) is 11.4 Å². The smallest absolute Gasteiger partial charge is 0.293 e. The minimum Gasteiger partial charge on any atom is -0.350 e. The molecule has 6 heteroatoms. The van der Waals surface area contributed by atoms with Crippen LogP contribution in [0.3, 0.4) is 0 Å². The SMILES string of the molecule is CC(C)CNC(=O)c1cccc(C(=O)NO)n1. The Kier molecular flexibility index (Phi) is 4.59. The molecule has 6 nitrogen and oxygen atoms in total. The van der Waals surface area contributed by atoms with Crippen molar-refractivity contribution >= 4 is 11.8 Å². The van der Waals surface area contributed by atoms with Crippen molar-refractivity contribution in [2.45, 2.75) is 13.8 Å². The van der Waals surface area contributed by atoms with Gasteiger partial charge in [-0.2, -0.15) is 0 Å². The molecular weight excluding hydrogens is 222 g/mol. The molecule has 3 N–H and O–H groups in total. The van der Waals surface area contributed by atoms with E-state index in [1.54, 1.807) is 0 Å². The molecule has 0 atom stereocenters. The van der Waals surface area contributed by atoms with Crippen molar-refractivity contribution in [3.8, 4) is 0 Å². The summed E-state index contributed by atoms with van der Waals surface area (Å²) in [7, 11) is 0. The van der Waals surface area contributed by atoms with Gasteiger partial charge in [0, 0.05) is 6.54 Å². The Labute approximate surface area is 99.0 Å². The van der Waals surface area contributed by atoms with E-state index in [1.807, 2.05) is 13.8 Å². The van der Waals surface area contributed by atoms with E-state index in [0.29, 0.717) is 12.5 Å². The molecule has 0 bridgehead atoms. The summed E-state index contributed by atoms with van der Waals surface area (Å²) in [6.45, 7) is 4.49. The molecule has 1 aromatic rings. The van der Waals surface area contributed by atoms with E-state index in [1.165, 1.54) is 23.7 Å². The highest BCUT2D eigenvalue weighted by atomic mass is 16.5. The third-order valence-electron chi connectivity index (χ3n) is 1.99. The van der Waals surface area contributed by atoms with Crippen LogP contribution in [-0.2, 0) is 0 Å². The van der Waals surface area contributed by atoms with Gasteiger partial charge >= 0.3 is 0 Å². The Morgan fingerprint density at radius 2 is 1.88 bits per heavy atom. The second kappa shape index (κ2) is 5.95. The number of amides is 2. The lowest BCUT2D eigenvalue weighted by molar-refractivity contribution is 0.0700. The summed E-state index contributed by atoms with van der Waals surface area (Å²) >= 11 is 0. The monoisotopic (exact) mass is 237 g/mol. The number of pyridine rings is 1. The molecule has 1 heterocycles. The van der Waals surface area contributed by atoms with Crippen LogP contribution in [-0.4, -0.2) is 28.6 Å². The molecular formula is C11H15N3O3. The normalized spacial score (nSPS) is 10.1. The van der Waals surface area contributed by atoms with Gasteiger partial charge in [0.15, 0.2) is 0 Å². The third kappa shape index (κ3) is 3.84. The number of nitrogens with zero attached hydrogens (tertiary/aromatic N) is 1. The molecule has 17 heavy (non-hydrogen) atoms. The van der Waals surface area contributed by atoms with E-state index in [9.17, 15) is 9.59 Å². The van der Waals surface area contributed by atoms with Crippen LogP contribution in [0.2, 0.25) is 0 Å². The average molecular weight is 237 g/mol. The predicted octanol–water partition coefficient (Wildman–Crippen LogP) is 0.586. The first-order valence-electron chi connectivity index (χ1n) is 5.24. The largest absolute Gasteiger partial charge is 0.350 e. The van der Waals surface area contributed by atoms with Crippen molar-refractivity contribution in [2.75, 3.05) is 6.54 Å². The summed E-state index contributed by atoms with van der Waals surface area (Å²) in [6, 6.07) is 4.44. The minimum absolute atomic E-state index is 0.00954. The Balaban J connectivity index is 2.77. The Hall–Kier alpha value is -1.95. The van der Waals surface area contributed by atoms with Crippen LogP contribution in [0.1, 0.15) is 34.8 Å². The molecule has 2 amide bonds. The van der Waals surface area contributed by atoms with E-state index < -0.39 is 5.91 Å². The van der Waals surface area contributed by atoms with E-state index >= 15 is 0 Å². The van der Waals surface area contributed by atoms with E-state index in [2.05, 4.69) is 10.3 Å². The molecule has 0 radical (unpaired) electrons. The fourth-order valence-electron chi connectivity index (χ4n) is 1.13. The molecule has 0 aliphatic heterocycles. The highest BCUT2D eigenvalue weighted by molar-refractivity contribution is 5.95. The summed E-state index contributed by atoms with van der Waals surface area (Å²) in [6.07, 6.45) is 0. The van der Waals surface area contributed by atoms with Crippen LogP contribution in [0.15, 0.2) is 18.2 Å². The van der Waals surface area contributed by atoms with Crippen LogP contribution in [0.4, 0.5) is 0 Å². The Morgan fingerprint density at radius 1 is 1.29 bits per heavy atom. The number of carbonyl (C=O) groups is 2. The standard InChI is InChI=1S/C11H15N3O3/c1-7(2)6-12-10(15)8-4-3-5-9(13-8)11(16)14-17/h3-5,7,17H,6H2,1-2H3,(H,12,15)(H,14,16). The molecule has 0 aliphatic carbocycles. The van der Waals surface area contributed by atoms with E-state index in [-0.39, 0.29) is 17.3 Å². The lowest BCUT2D eigenvalue weighted by Crippen LogP contribution is -2.29. The summed E-state index contributed by atoms with van der Waals surface area (Å²) in [5.41, 5.74) is 1.60. The Morgan fingerprint density at radius 3 is 2.41 bits per heavy atom. The molecule has 0 fully saturated rings. The topological polar surface area (TPSA) is 91.3 Å². The molecule has 0 aliphatic rings. The summed E-state index contributed by atoms with van der Waals surface area (Å²) in [5.74, 6) is -0.752. The highest BCUT2D eigenvalue weighted by Gasteiger charge is 2.11. The summed E-state index contributed by atoms with van der Waals surface area (Å²) in [4.78, 5) is 26.6. The first-order valence-corrected chi connectivity index (χ1v) is 5.24. The molecule has 1 aromatic heterocycles. The molecule has 0 aromatic carbocycles. The number of hydroxylamine groups is 1. The zero-order valence-corrected chi connectivity index (χ0v) is 9.73. The van der Waals surface area contributed by atoms with Gasteiger partial charge < -0.3 is 5.32 Å². The fraction of sp³-hybridized carbons (Fsp3) is 0.364. The van der Waals surface area contributed by atoms with Gasteiger partial charge in [-0.25, -0.2) is 10.5 Å². The van der Waals surface area contributed by atoms with Crippen LogP contribution < -0.4 is 10.8 Å². The maximum Gasteiger partial charge on any atom is 0.293 e. The molecule has 0 saturated carbocycles. The molecule has 0 saturated heterocycles. The highest BCUT2D eigenvalue weighted by Crippen LogP contribution is 2.00. The minimum atomic E-state index is -0.747. The van der Waals surface area contributed by atoms with Crippen molar-refractivity contribution in [3.05, 3.63) is 29.6 Å². The van der Waals surface area contributed by atoms with Gasteiger partial charge in [-0.05, 0) is 18.1 Å². The van der Waals surface area contributed by atoms with Gasteiger partial charge in [0.25, 0.3) is 11.8 Å². The fourth-order valence-corrected chi connectivity index (χ4v) is 1.13. The quantitative estimate of drug-likeness (QED) is 0.528. The van der Waals surface area contributed by atoms with Crippen LogP contribution in [0.5, 0.6) is 0 Å². The number of rotatable bonds is 4. The molecule has 92 valence electrons. The number of hydrogen-bond donors (Lipinski definition) is 3. The van der Waals surface area contributed by atoms with E-state index in [4.69, 9.17) is 5.21 Å². The van der Waals surface area contributed by atoms with Crippen LogP contribution >= 0.6 is 0 Å². The van der Waals surface area contributed by atoms with Gasteiger partial charge in [-0.15, -0.1) is 0 Å². The number of nitrogens with one attached hydrogen (secondary N) is 2. The molecule has 0 spiro atoms. The van der Waals surface area contributed by atoms with Crippen molar-refractivity contribution in [3.63, 3.8) is 0 Å². The van der Waals surface area contributed by atoms with Gasteiger partial charge in [0.2, 0.25) is 0 Å². The predicted molar refractivity (Wildman–Crippen MR) is 60.7 cm³/mol. The summed E-state index contributed by atoms with van der Waals surface area (Å²) in [5, 5.41) is 11.1. The van der Waals surface area contributed by atoms with Gasteiger partial charge in [0.05, 0.1) is 0 Å². The first kappa shape index (κ1) is 13.1. The van der Waals surface area contributed by atoms with Crippen LogP contribution in [0, 0.1) is 5.92 Å².